The van der Waals surface area contributed by atoms with Crippen LogP contribution >= 0.6 is 0 Å². The van der Waals surface area contributed by atoms with Gasteiger partial charge in [0.15, 0.2) is 5.82 Å². The van der Waals surface area contributed by atoms with Crippen LogP contribution in [0.4, 0.5) is 5.82 Å². The van der Waals surface area contributed by atoms with E-state index in [0.29, 0.717) is 5.82 Å². The fourth-order valence-electron chi connectivity index (χ4n) is 1.62. The summed E-state index contributed by atoms with van der Waals surface area (Å²) in [6.07, 6.45) is 6.85. The fraction of sp³-hybridized carbons (Fsp3) is 0.154. The van der Waals surface area contributed by atoms with Crippen molar-refractivity contribution >= 4 is 22.6 Å². The first-order valence-electron chi connectivity index (χ1n) is 5.35. The molecule has 5 nitrogen and oxygen atoms in total. The van der Waals surface area contributed by atoms with E-state index in [9.17, 15) is 4.79 Å². The van der Waals surface area contributed by atoms with Gasteiger partial charge in [-0.2, -0.15) is 5.10 Å². The number of rotatable bonds is 4. The smallest absolute Gasteiger partial charge is 0.327 e. The zero-order valence-electron chi connectivity index (χ0n) is 9.50. The van der Waals surface area contributed by atoms with Gasteiger partial charge in [0.25, 0.3) is 0 Å². The van der Waals surface area contributed by atoms with Gasteiger partial charge in [-0.25, -0.2) is 4.79 Å². The van der Waals surface area contributed by atoms with Crippen molar-refractivity contribution in [2.24, 2.45) is 0 Å². The van der Waals surface area contributed by atoms with Gasteiger partial charge in [-0.3, -0.25) is 0 Å². The van der Waals surface area contributed by atoms with E-state index in [1.165, 1.54) is 0 Å². The van der Waals surface area contributed by atoms with E-state index in [-0.39, 0.29) is 6.42 Å². The maximum Gasteiger partial charge on any atom is 0.327 e. The lowest BCUT2D eigenvalue weighted by atomic mass is 10.1. The van der Waals surface area contributed by atoms with E-state index in [1.54, 1.807) is 6.20 Å². The summed E-state index contributed by atoms with van der Waals surface area (Å²) in [6.45, 7) is 0. The maximum atomic E-state index is 11.0. The number of hydrogen-bond acceptors (Lipinski definition) is 4. The predicted molar refractivity (Wildman–Crippen MR) is 68.0 cm³/mol. The largest absolute Gasteiger partial charge is 0.480 e. The lowest BCUT2D eigenvalue weighted by Crippen LogP contribution is -2.29. The minimum atomic E-state index is -1.01. The molecule has 0 saturated carbocycles. The third-order valence-corrected chi connectivity index (χ3v) is 2.50. The Morgan fingerprint density at radius 3 is 3.00 bits per heavy atom. The molecule has 0 radical (unpaired) electrons. The van der Waals surface area contributed by atoms with Gasteiger partial charge in [-0.1, -0.05) is 24.3 Å². The molecule has 0 amide bonds. The van der Waals surface area contributed by atoms with Gasteiger partial charge in [0.2, 0.25) is 0 Å². The van der Waals surface area contributed by atoms with E-state index in [1.807, 2.05) is 24.3 Å². The molecule has 1 heterocycles. The van der Waals surface area contributed by atoms with Crippen LogP contribution in [0.2, 0.25) is 0 Å². The molecule has 0 saturated heterocycles. The Morgan fingerprint density at radius 2 is 2.28 bits per heavy atom. The van der Waals surface area contributed by atoms with Crippen molar-refractivity contribution < 1.29 is 9.90 Å². The second-order valence-electron chi connectivity index (χ2n) is 3.72. The zero-order valence-corrected chi connectivity index (χ0v) is 9.50. The number of aromatic nitrogens is 2. The van der Waals surface area contributed by atoms with Crippen LogP contribution in [0.1, 0.15) is 6.42 Å². The molecule has 2 N–H and O–H groups in total. The number of anilines is 1. The van der Waals surface area contributed by atoms with E-state index >= 15 is 0 Å². The monoisotopic (exact) mass is 241 g/mol. The molecular formula is C13H11N3O2. The van der Waals surface area contributed by atoms with Crippen LogP contribution in [0, 0.1) is 12.3 Å². The van der Waals surface area contributed by atoms with Gasteiger partial charge in [-0.15, -0.1) is 17.4 Å². The number of terminal acetylenes is 1. The molecule has 2 rings (SSSR count). The highest BCUT2D eigenvalue weighted by Gasteiger charge is 2.17. The van der Waals surface area contributed by atoms with Crippen LogP contribution in [-0.4, -0.2) is 27.3 Å². The molecule has 1 aromatic carbocycles. The van der Waals surface area contributed by atoms with Crippen molar-refractivity contribution in [2.75, 3.05) is 5.32 Å². The molecule has 90 valence electrons. The fourth-order valence-corrected chi connectivity index (χ4v) is 1.62. The number of carboxylic acid groups (broad SMARTS) is 1. The van der Waals surface area contributed by atoms with Gasteiger partial charge in [0.05, 0.1) is 6.20 Å². The molecule has 1 atom stereocenters. The minimum absolute atomic E-state index is 0.0836. The van der Waals surface area contributed by atoms with Gasteiger partial charge < -0.3 is 10.4 Å². The highest BCUT2D eigenvalue weighted by molar-refractivity contribution is 5.92. The average molecular weight is 241 g/mol. The van der Waals surface area contributed by atoms with Crippen LogP contribution in [0.25, 0.3) is 10.8 Å². The summed E-state index contributed by atoms with van der Waals surface area (Å²) >= 11 is 0. The Morgan fingerprint density at radius 1 is 1.50 bits per heavy atom. The second kappa shape index (κ2) is 5.15. The summed E-state index contributed by atoms with van der Waals surface area (Å²) in [5.74, 6) is 1.74. The van der Waals surface area contributed by atoms with Crippen molar-refractivity contribution in [3.63, 3.8) is 0 Å². The van der Waals surface area contributed by atoms with Gasteiger partial charge in [0, 0.05) is 17.2 Å². The third-order valence-electron chi connectivity index (χ3n) is 2.50. The van der Waals surface area contributed by atoms with Crippen LogP contribution in [-0.2, 0) is 4.79 Å². The van der Waals surface area contributed by atoms with E-state index in [0.717, 1.165) is 10.8 Å². The molecule has 0 aliphatic carbocycles. The number of hydrogen-bond donors (Lipinski definition) is 2. The predicted octanol–water partition coefficient (Wildman–Crippen LogP) is 1.52. The number of carboxylic acids is 1. The first-order valence-corrected chi connectivity index (χ1v) is 5.35. The summed E-state index contributed by atoms with van der Waals surface area (Å²) in [4.78, 5) is 11.0. The topological polar surface area (TPSA) is 75.1 Å². The van der Waals surface area contributed by atoms with Gasteiger partial charge in [0.1, 0.15) is 6.04 Å². The van der Waals surface area contributed by atoms with Crippen molar-refractivity contribution in [3.8, 4) is 12.3 Å². The molecule has 0 fully saturated rings. The third kappa shape index (κ3) is 2.38. The van der Waals surface area contributed by atoms with Gasteiger partial charge >= 0.3 is 5.97 Å². The SMILES string of the molecule is C#CCC(Nc1nncc2ccccc12)C(=O)O. The Bertz CT molecular complexity index is 614. The Balaban J connectivity index is 2.36. The molecule has 5 heteroatoms. The number of aliphatic carboxylic acids is 1. The standard InChI is InChI=1S/C13H11N3O2/c1-2-5-11(13(17)18)15-12-10-7-4-3-6-9(10)8-14-16-12/h1,3-4,6-8,11H,5H2,(H,15,16)(H,17,18). The lowest BCUT2D eigenvalue weighted by Gasteiger charge is -2.13. The molecule has 1 unspecified atom stereocenters. The minimum Gasteiger partial charge on any atom is -0.480 e. The number of carbonyl (C=O) groups is 1. The van der Waals surface area contributed by atoms with Crippen molar-refractivity contribution in [2.45, 2.75) is 12.5 Å². The molecule has 0 aliphatic rings. The molecule has 18 heavy (non-hydrogen) atoms. The summed E-state index contributed by atoms with van der Waals surface area (Å²) < 4.78 is 0. The summed E-state index contributed by atoms with van der Waals surface area (Å²) in [5, 5.41) is 21.3. The zero-order chi connectivity index (χ0) is 13.0. The average Bonchev–Trinajstić information content (AvgIpc) is 2.38. The van der Waals surface area contributed by atoms with Crippen molar-refractivity contribution in [3.05, 3.63) is 30.5 Å². The van der Waals surface area contributed by atoms with E-state index in [2.05, 4.69) is 21.4 Å². The first kappa shape index (κ1) is 11.9. The molecule has 1 aromatic heterocycles. The molecule has 0 aliphatic heterocycles. The Hall–Kier alpha value is -2.61. The van der Waals surface area contributed by atoms with Crippen LogP contribution in [0.15, 0.2) is 30.5 Å². The number of nitrogens with zero attached hydrogens (tertiary/aromatic N) is 2. The Labute approximate surface area is 104 Å². The van der Waals surface area contributed by atoms with Crippen LogP contribution < -0.4 is 5.32 Å². The van der Waals surface area contributed by atoms with Crippen molar-refractivity contribution in [1.82, 2.24) is 10.2 Å². The highest BCUT2D eigenvalue weighted by Crippen LogP contribution is 2.20. The number of fused-ring (bicyclic) bond motifs is 1. The summed E-state index contributed by atoms with van der Waals surface area (Å²) in [7, 11) is 0. The molecule has 2 aromatic rings. The molecule has 0 bridgehead atoms. The highest BCUT2D eigenvalue weighted by atomic mass is 16.4. The van der Waals surface area contributed by atoms with Crippen LogP contribution in [0.5, 0.6) is 0 Å². The summed E-state index contributed by atoms with van der Waals surface area (Å²) in [6, 6.07) is 6.60. The van der Waals surface area contributed by atoms with E-state index in [4.69, 9.17) is 11.5 Å². The lowest BCUT2D eigenvalue weighted by molar-refractivity contribution is -0.137. The molecular weight excluding hydrogens is 230 g/mol. The quantitative estimate of drug-likeness (QED) is 0.794. The number of benzene rings is 1. The first-order chi connectivity index (χ1) is 8.72. The Kier molecular flexibility index (Phi) is 3.39. The van der Waals surface area contributed by atoms with Crippen molar-refractivity contribution in [1.29, 1.82) is 0 Å². The van der Waals surface area contributed by atoms with Crippen LogP contribution in [0.3, 0.4) is 0 Å². The maximum absolute atomic E-state index is 11.0. The van der Waals surface area contributed by atoms with Gasteiger partial charge in [-0.05, 0) is 0 Å². The van der Waals surface area contributed by atoms with E-state index < -0.39 is 12.0 Å². The molecule has 0 spiro atoms. The normalized spacial score (nSPS) is 11.7. The summed E-state index contributed by atoms with van der Waals surface area (Å²) in [5.41, 5.74) is 0. The number of nitrogens with one attached hydrogen (secondary N) is 1. The second-order valence-corrected chi connectivity index (χ2v) is 3.72.